The highest BCUT2D eigenvalue weighted by Gasteiger charge is 2.18. The van der Waals surface area contributed by atoms with Gasteiger partial charge in [0.15, 0.2) is 6.04 Å². The Labute approximate surface area is 70.1 Å². The summed E-state index contributed by atoms with van der Waals surface area (Å²) in [5.41, 5.74) is 0. The fourth-order valence-electron chi connectivity index (χ4n) is 0.543. The van der Waals surface area contributed by atoms with Crippen molar-refractivity contribution in [2.45, 2.75) is 26.0 Å². The van der Waals surface area contributed by atoms with Gasteiger partial charge in [-0.25, -0.2) is 9.59 Å². The van der Waals surface area contributed by atoms with Gasteiger partial charge in [-0.15, -0.1) is 0 Å². The maximum absolute atomic E-state index is 10.9. The highest BCUT2D eigenvalue weighted by atomic mass is 16.5. The van der Waals surface area contributed by atoms with Crippen LogP contribution in [0.4, 0.5) is 0 Å². The summed E-state index contributed by atoms with van der Waals surface area (Å²) in [6.45, 7) is 2.79. The van der Waals surface area contributed by atoms with E-state index in [1.807, 2.05) is 0 Å². The molecule has 0 aliphatic heterocycles. The molecule has 0 saturated carbocycles. The molecule has 0 amide bonds. The Balaban J connectivity index is 4.12. The van der Waals surface area contributed by atoms with Crippen LogP contribution in [0.15, 0.2) is 4.99 Å². The Morgan fingerprint density at radius 1 is 1.67 bits per heavy atom. The molecular formula is C7H11NO4. The lowest BCUT2D eigenvalue weighted by molar-refractivity contribution is -0.149. The van der Waals surface area contributed by atoms with Gasteiger partial charge < -0.3 is 9.84 Å². The van der Waals surface area contributed by atoms with E-state index >= 15 is 0 Å². The molecule has 68 valence electrons. The lowest BCUT2D eigenvalue weighted by Gasteiger charge is -2.10. The maximum atomic E-state index is 10.9. The lowest BCUT2D eigenvalue weighted by atomic mass is 10.3. The van der Waals surface area contributed by atoms with Gasteiger partial charge in [-0.1, -0.05) is 0 Å². The van der Waals surface area contributed by atoms with Gasteiger partial charge in [0.1, 0.15) is 0 Å². The second-order valence-electron chi connectivity index (χ2n) is 2.40. The first-order valence-electron chi connectivity index (χ1n) is 3.50. The summed E-state index contributed by atoms with van der Waals surface area (Å²) in [5, 5.41) is 8.57. The average Bonchev–Trinajstić information content (AvgIpc) is 1.98. The minimum Gasteiger partial charge on any atom is -0.461 e. The quantitative estimate of drug-likeness (QED) is 0.357. The van der Waals surface area contributed by atoms with E-state index in [9.17, 15) is 9.59 Å². The van der Waals surface area contributed by atoms with Gasteiger partial charge in [0, 0.05) is 0 Å². The number of carbonyl (C=O) groups is 1. The zero-order chi connectivity index (χ0) is 9.56. The van der Waals surface area contributed by atoms with Gasteiger partial charge in [0.05, 0.1) is 12.7 Å². The van der Waals surface area contributed by atoms with Crippen LogP contribution in [0.1, 0.15) is 13.8 Å². The Bertz CT molecular complexity index is 196. The number of aliphatic imine (C=N–C) groups is 1. The van der Waals surface area contributed by atoms with Crippen molar-refractivity contribution in [3.63, 3.8) is 0 Å². The molecule has 0 spiro atoms. The molecule has 1 atom stereocenters. The first kappa shape index (κ1) is 10.8. The molecule has 0 saturated heterocycles. The number of rotatable bonds is 4. The Hall–Kier alpha value is -1.19. The van der Waals surface area contributed by atoms with E-state index in [0.29, 0.717) is 0 Å². The molecule has 0 rings (SSSR count). The van der Waals surface area contributed by atoms with Crippen LogP contribution in [0.5, 0.6) is 0 Å². The van der Waals surface area contributed by atoms with E-state index in [-0.39, 0.29) is 6.10 Å². The number of aliphatic hydroxyl groups excluding tert-OH is 1. The predicted octanol–water partition coefficient (Wildman–Crippen LogP) is -0.365. The number of nitrogens with zero attached hydrogens (tertiary/aromatic N) is 1. The maximum Gasteiger partial charge on any atom is 0.334 e. The molecule has 0 aromatic rings. The number of carbonyl (C=O) groups excluding carboxylic acids is 2. The third kappa shape index (κ3) is 3.85. The fraction of sp³-hybridized carbons (Fsp3) is 0.714. The van der Waals surface area contributed by atoms with E-state index < -0.39 is 18.6 Å². The summed E-state index contributed by atoms with van der Waals surface area (Å²) < 4.78 is 4.68. The second kappa shape index (κ2) is 5.46. The Morgan fingerprint density at radius 2 is 2.25 bits per heavy atom. The van der Waals surface area contributed by atoms with Gasteiger partial charge in [0.25, 0.3) is 0 Å². The van der Waals surface area contributed by atoms with E-state index in [4.69, 9.17) is 5.11 Å². The number of aliphatic hydroxyl groups is 1. The number of hydrogen-bond acceptors (Lipinski definition) is 5. The van der Waals surface area contributed by atoms with Crippen LogP contribution in [-0.4, -0.2) is 35.9 Å². The van der Waals surface area contributed by atoms with Gasteiger partial charge in [0.2, 0.25) is 6.08 Å². The van der Waals surface area contributed by atoms with Gasteiger partial charge in [-0.2, -0.15) is 4.99 Å². The average molecular weight is 173 g/mol. The van der Waals surface area contributed by atoms with Crippen molar-refractivity contribution < 1.29 is 19.4 Å². The summed E-state index contributed by atoms with van der Waals surface area (Å²) in [4.78, 5) is 23.7. The minimum atomic E-state index is -1.13. The van der Waals surface area contributed by atoms with Gasteiger partial charge in [-0.3, -0.25) is 0 Å². The number of esters is 1. The molecule has 0 fully saturated rings. The Morgan fingerprint density at radius 3 is 2.58 bits per heavy atom. The topological polar surface area (TPSA) is 76.0 Å². The van der Waals surface area contributed by atoms with Crippen LogP contribution >= 0.6 is 0 Å². The van der Waals surface area contributed by atoms with Crippen molar-refractivity contribution in [2.75, 3.05) is 6.61 Å². The van der Waals surface area contributed by atoms with E-state index in [2.05, 4.69) is 9.73 Å². The third-order valence-corrected chi connectivity index (χ3v) is 1.01. The summed E-state index contributed by atoms with van der Waals surface area (Å²) in [6.07, 6.45) is 0.903. The smallest absolute Gasteiger partial charge is 0.334 e. The molecule has 0 aliphatic carbocycles. The molecule has 0 bridgehead atoms. The second-order valence-corrected chi connectivity index (χ2v) is 2.40. The van der Waals surface area contributed by atoms with Crippen LogP contribution in [0.25, 0.3) is 0 Å². The van der Waals surface area contributed by atoms with Crippen molar-refractivity contribution in [1.29, 1.82) is 0 Å². The largest absolute Gasteiger partial charge is 0.461 e. The summed E-state index contributed by atoms with van der Waals surface area (Å²) in [5.74, 6) is -0.712. The highest BCUT2D eigenvalue weighted by Crippen LogP contribution is 1.97. The number of ether oxygens (including phenoxy) is 1. The van der Waals surface area contributed by atoms with Crippen molar-refractivity contribution in [1.82, 2.24) is 0 Å². The monoisotopic (exact) mass is 173 g/mol. The van der Waals surface area contributed by atoms with Crippen molar-refractivity contribution in [2.24, 2.45) is 4.99 Å². The fourth-order valence-corrected chi connectivity index (χ4v) is 0.543. The molecule has 0 radical (unpaired) electrons. The molecule has 1 N–H and O–H groups in total. The van der Waals surface area contributed by atoms with Gasteiger partial charge >= 0.3 is 5.97 Å². The van der Waals surface area contributed by atoms with Crippen LogP contribution in [0, 0.1) is 0 Å². The first-order chi connectivity index (χ1) is 5.61. The highest BCUT2D eigenvalue weighted by molar-refractivity contribution is 5.77. The molecule has 5 nitrogen and oxygen atoms in total. The predicted molar refractivity (Wildman–Crippen MR) is 40.2 cm³/mol. The summed E-state index contributed by atoms with van der Waals surface area (Å²) in [6, 6.07) is -1.13. The normalized spacial score (nSPS) is 12.0. The molecule has 0 heterocycles. The molecular weight excluding hydrogens is 162 g/mol. The minimum absolute atomic E-state index is 0.284. The Kier molecular flexibility index (Phi) is 4.92. The molecule has 1 unspecified atom stereocenters. The molecule has 5 heteroatoms. The number of isocyanates is 1. The van der Waals surface area contributed by atoms with Crippen LogP contribution < -0.4 is 0 Å². The van der Waals surface area contributed by atoms with Crippen molar-refractivity contribution in [3.8, 4) is 0 Å². The molecule has 0 aromatic heterocycles. The molecule has 12 heavy (non-hydrogen) atoms. The zero-order valence-electron chi connectivity index (χ0n) is 6.98. The van der Waals surface area contributed by atoms with E-state index in [1.165, 1.54) is 6.08 Å². The first-order valence-corrected chi connectivity index (χ1v) is 3.50. The van der Waals surface area contributed by atoms with Gasteiger partial charge in [-0.05, 0) is 13.8 Å². The summed E-state index contributed by atoms with van der Waals surface area (Å²) >= 11 is 0. The van der Waals surface area contributed by atoms with Crippen LogP contribution in [0.2, 0.25) is 0 Å². The zero-order valence-corrected chi connectivity index (χ0v) is 6.98. The number of hydrogen-bond donors (Lipinski definition) is 1. The SMILES string of the molecule is CC(C)OC(=O)C(CO)N=C=O. The van der Waals surface area contributed by atoms with Crippen molar-refractivity contribution in [3.05, 3.63) is 0 Å². The third-order valence-electron chi connectivity index (χ3n) is 1.01. The standard InChI is InChI=1S/C7H11NO4/c1-5(2)12-7(11)6(3-9)8-4-10/h5-6,9H,3H2,1-2H3. The molecule has 0 aromatic carbocycles. The van der Waals surface area contributed by atoms with Crippen LogP contribution in [-0.2, 0) is 14.3 Å². The van der Waals surface area contributed by atoms with E-state index in [1.54, 1.807) is 13.8 Å². The summed E-state index contributed by atoms with van der Waals surface area (Å²) in [7, 11) is 0. The lowest BCUT2D eigenvalue weighted by Crippen LogP contribution is -2.27. The van der Waals surface area contributed by atoms with Crippen LogP contribution in [0.3, 0.4) is 0 Å². The molecule has 0 aliphatic rings. The van der Waals surface area contributed by atoms with Crippen molar-refractivity contribution >= 4 is 12.0 Å². The van der Waals surface area contributed by atoms with E-state index in [0.717, 1.165) is 0 Å².